The van der Waals surface area contributed by atoms with Gasteiger partial charge in [0, 0.05) is 47.4 Å². The number of fused-ring (bicyclic) bond motifs is 1. The van der Waals surface area contributed by atoms with E-state index in [1.54, 1.807) is 5.06 Å². The summed E-state index contributed by atoms with van der Waals surface area (Å²) < 4.78 is 3.14. The number of hydrogen-bond donors (Lipinski definition) is 4. The van der Waals surface area contributed by atoms with Gasteiger partial charge in [0.05, 0.1) is 6.33 Å². The lowest BCUT2D eigenvalue weighted by Crippen LogP contribution is -2.41. The van der Waals surface area contributed by atoms with Crippen LogP contribution in [0.2, 0.25) is 0 Å². The molecule has 1 amide bonds. The zero-order valence-electron chi connectivity index (χ0n) is 22.7. The second kappa shape index (κ2) is 12.3. The molecular formula is C28H38BrN9O2. The highest BCUT2D eigenvalue weighted by Gasteiger charge is 2.27. The molecule has 40 heavy (non-hydrogen) atoms. The van der Waals surface area contributed by atoms with Crippen LogP contribution in [-0.2, 0) is 4.84 Å². The zero-order chi connectivity index (χ0) is 27.5. The van der Waals surface area contributed by atoms with Gasteiger partial charge in [0.25, 0.3) is 0 Å². The summed E-state index contributed by atoms with van der Waals surface area (Å²) in [7, 11) is 0. The third-order valence-electron chi connectivity index (χ3n) is 8.32. The zero-order valence-corrected chi connectivity index (χ0v) is 24.3. The van der Waals surface area contributed by atoms with Gasteiger partial charge in [-0.15, -0.1) is 5.06 Å². The molecule has 1 aliphatic heterocycles. The summed E-state index contributed by atoms with van der Waals surface area (Å²) in [5, 5.41) is 11.8. The molecule has 3 heterocycles. The number of nitrogens with two attached hydrogens (primary N) is 1. The van der Waals surface area contributed by atoms with Gasteiger partial charge in [0.15, 0.2) is 17.0 Å². The van der Waals surface area contributed by atoms with Gasteiger partial charge in [-0.25, -0.2) is 9.78 Å². The lowest BCUT2D eigenvalue weighted by molar-refractivity contribution is -0.106. The highest BCUT2D eigenvalue weighted by Crippen LogP contribution is 2.34. The Labute approximate surface area is 242 Å². The SMILES string of the molecule is NC1CCC(Nc2nc(NC3CCN(OC(=O)Nc4cccc(Br)c4)CC3)c3ncn(C4CCCC4)c3n2)CC1. The van der Waals surface area contributed by atoms with Gasteiger partial charge in [-0.05, 0) is 69.6 Å². The molecular weight excluding hydrogens is 574 g/mol. The molecule has 1 saturated heterocycles. The molecule has 214 valence electrons. The fourth-order valence-electron chi connectivity index (χ4n) is 6.09. The van der Waals surface area contributed by atoms with Crippen molar-refractivity contribution < 1.29 is 9.63 Å². The van der Waals surface area contributed by atoms with Crippen molar-refractivity contribution in [2.75, 3.05) is 29.0 Å². The van der Waals surface area contributed by atoms with Crippen LogP contribution in [0.3, 0.4) is 0 Å². The minimum absolute atomic E-state index is 0.184. The lowest BCUT2D eigenvalue weighted by atomic mass is 9.92. The third-order valence-corrected chi connectivity index (χ3v) is 8.82. The van der Waals surface area contributed by atoms with Crippen molar-refractivity contribution in [2.24, 2.45) is 5.73 Å². The third kappa shape index (κ3) is 6.50. The number of carbonyl (C=O) groups is 1. The Hall–Kier alpha value is -2.96. The summed E-state index contributed by atoms with van der Waals surface area (Å²) in [5.74, 6) is 1.42. The number of nitrogens with one attached hydrogen (secondary N) is 3. The Balaban J connectivity index is 1.12. The summed E-state index contributed by atoms with van der Waals surface area (Å²) in [6, 6.07) is 8.68. The van der Waals surface area contributed by atoms with E-state index in [-0.39, 0.29) is 6.04 Å². The molecule has 1 aromatic carbocycles. The topological polar surface area (TPSA) is 135 Å². The van der Waals surface area contributed by atoms with Crippen molar-refractivity contribution in [3.63, 3.8) is 0 Å². The van der Waals surface area contributed by atoms with E-state index in [2.05, 4.69) is 36.4 Å². The van der Waals surface area contributed by atoms with Crippen molar-refractivity contribution in [3.05, 3.63) is 35.1 Å². The fourth-order valence-corrected chi connectivity index (χ4v) is 6.49. The Kier molecular flexibility index (Phi) is 8.35. The number of hydroxylamine groups is 2. The Morgan fingerprint density at radius 1 is 0.975 bits per heavy atom. The second-order valence-corrected chi connectivity index (χ2v) is 12.2. The molecule has 0 spiro atoms. The Bertz CT molecular complexity index is 1310. The van der Waals surface area contributed by atoms with Gasteiger partial charge in [0.1, 0.15) is 0 Å². The van der Waals surface area contributed by atoms with E-state index < -0.39 is 6.09 Å². The molecule has 3 aliphatic rings. The molecule has 0 radical (unpaired) electrons. The van der Waals surface area contributed by atoms with Gasteiger partial charge in [-0.3, -0.25) is 5.32 Å². The maximum atomic E-state index is 12.4. The minimum Gasteiger partial charge on any atom is -0.365 e. The van der Waals surface area contributed by atoms with Gasteiger partial charge in [-0.1, -0.05) is 34.8 Å². The van der Waals surface area contributed by atoms with E-state index >= 15 is 0 Å². The van der Waals surface area contributed by atoms with Crippen molar-refractivity contribution in [1.82, 2.24) is 24.6 Å². The normalized spacial score (nSPS) is 22.9. The van der Waals surface area contributed by atoms with Crippen LogP contribution in [0.5, 0.6) is 0 Å². The van der Waals surface area contributed by atoms with E-state index in [0.29, 0.717) is 42.9 Å². The Morgan fingerprint density at radius 3 is 2.48 bits per heavy atom. The number of piperidine rings is 1. The molecule has 2 aromatic heterocycles. The van der Waals surface area contributed by atoms with Gasteiger partial charge < -0.3 is 25.8 Å². The molecule has 0 atom stereocenters. The van der Waals surface area contributed by atoms with Crippen LogP contribution in [0.25, 0.3) is 11.2 Å². The number of hydrogen-bond acceptors (Lipinski definition) is 9. The van der Waals surface area contributed by atoms with Gasteiger partial charge in [-0.2, -0.15) is 9.97 Å². The maximum Gasteiger partial charge on any atom is 0.430 e. The molecule has 0 bridgehead atoms. The standard InChI is InChI=1S/C28H38BrN9O2/c29-18-4-3-5-22(16-18)34-28(39)40-37-14-12-21(13-15-37)32-25-24-26(38(17-31-24)23-6-1-2-7-23)36-27(35-25)33-20-10-8-19(30)9-11-20/h3-5,16-17,19-21,23H,1-2,6-15,30H2,(H,34,39)(H2,32,33,35,36). The van der Waals surface area contributed by atoms with Crippen LogP contribution in [0.4, 0.5) is 22.2 Å². The number of anilines is 3. The van der Waals surface area contributed by atoms with E-state index in [1.807, 2.05) is 30.6 Å². The quantitative estimate of drug-likeness (QED) is 0.276. The van der Waals surface area contributed by atoms with Crippen LogP contribution >= 0.6 is 15.9 Å². The highest BCUT2D eigenvalue weighted by atomic mass is 79.9. The second-order valence-electron chi connectivity index (χ2n) is 11.3. The molecule has 12 heteroatoms. The summed E-state index contributed by atoms with van der Waals surface area (Å²) in [5.41, 5.74) is 8.52. The first-order chi connectivity index (χ1) is 19.5. The number of nitrogens with zero attached hydrogens (tertiary/aromatic N) is 5. The molecule has 2 aliphatic carbocycles. The average molecular weight is 613 g/mol. The summed E-state index contributed by atoms with van der Waals surface area (Å²) >= 11 is 3.42. The summed E-state index contributed by atoms with van der Waals surface area (Å²) in [4.78, 5) is 32.6. The maximum absolute atomic E-state index is 12.4. The number of benzene rings is 1. The number of aromatic nitrogens is 4. The van der Waals surface area contributed by atoms with Crippen LogP contribution in [-0.4, -0.2) is 61.9 Å². The smallest absolute Gasteiger partial charge is 0.365 e. The molecule has 3 aromatic rings. The number of carbonyl (C=O) groups excluding carboxylic acids is 1. The van der Waals surface area contributed by atoms with E-state index in [1.165, 1.54) is 12.8 Å². The van der Waals surface area contributed by atoms with Crippen LogP contribution < -0.4 is 21.7 Å². The van der Waals surface area contributed by atoms with E-state index in [4.69, 9.17) is 25.5 Å². The fraction of sp³-hybridized carbons (Fsp3) is 0.571. The highest BCUT2D eigenvalue weighted by molar-refractivity contribution is 9.10. The summed E-state index contributed by atoms with van der Waals surface area (Å²) in [6.07, 6.45) is 12.0. The lowest BCUT2D eigenvalue weighted by Gasteiger charge is -2.31. The van der Waals surface area contributed by atoms with Gasteiger partial charge >= 0.3 is 6.09 Å². The number of amides is 1. The Morgan fingerprint density at radius 2 is 1.73 bits per heavy atom. The molecule has 0 unspecified atom stereocenters. The number of halogens is 1. The van der Waals surface area contributed by atoms with Crippen molar-refractivity contribution in [2.45, 2.75) is 88.4 Å². The van der Waals surface area contributed by atoms with Crippen molar-refractivity contribution in [1.29, 1.82) is 0 Å². The van der Waals surface area contributed by atoms with Crippen LogP contribution in [0, 0.1) is 0 Å². The largest absolute Gasteiger partial charge is 0.430 e. The van der Waals surface area contributed by atoms with Crippen LogP contribution in [0.15, 0.2) is 35.1 Å². The first-order valence-corrected chi connectivity index (χ1v) is 15.3. The van der Waals surface area contributed by atoms with E-state index in [9.17, 15) is 4.79 Å². The minimum atomic E-state index is -0.487. The van der Waals surface area contributed by atoms with Crippen LogP contribution in [0.1, 0.15) is 70.3 Å². The monoisotopic (exact) mass is 611 g/mol. The molecule has 2 saturated carbocycles. The number of rotatable bonds is 7. The predicted octanol–water partition coefficient (Wildman–Crippen LogP) is 5.43. The van der Waals surface area contributed by atoms with E-state index in [0.717, 1.165) is 72.8 Å². The molecule has 5 N–H and O–H groups in total. The average Bonchev–Trinajstić information content (AvgIpc) is 3.61. The molecule has 3 fully saturated rings. The molecule has 6 rings (SSSR count). The van der Waals surface area contributed by atoms with Crippen molar-refractivity contribution >= 4 is 50.6 Å². The first-order valence-electron chi connectivity index (χ1n) is 14.5. The molecule has 11 nitrogen and oxygen atoms in total. The summed E-state index contributed by atoms with van der Waals surface area (Å²) in [6.45, 7) is 1.25. The first kappa shape index (κ1) is 27.2. The van der Waals surface area contributed by atoms with Crippen molar-refractivity contribution in [3.8, 4) is 0 Å². The van der Waals surface area contributed by atoms with Gasteiger partial charge in [0.2, 0.25) is 5.95 Å². The predicted molar refractivity (Wildman–Crippen MR) is 159 cm³/mol. The number of imidazole rings is 1.